The number of pyridine rings is 1. The van der Waals surface area contributed by atoms with Gasteiger partial charge in [0.05, 0.1) is 11.7 Å². The lowest BCUT2D eigenvalue weighted by Crippen LogP contribution is -2.37. The lowest BCUT2D eigenvalue weighted by atomic mass is 10.1. The molecule has 0 radical (unpaired) electrons. The molecule has 1 amide bonds. The Labute approximate surface area is 176 Å². The molecule has 1 aliphatic rings. The van der Waals surface area contributed by atoms with Gasteiger partial charge in [-0.25, -0.2) is 5.43 Å². The van der Waals surface area contributed by atoms with Crippen LogP contribution >= 0.6 is 9.24 Å². The molecule has 3 N–H and O–H groups in total. The van der Waals surface area contributed by atoms with Gasteiger partial charge >= 0.3 is 0 Å². The van der Waals surface area contributed by atoms with Crippen LogP contribution in [0.2, 0.25) is 0 Å². The number of hydrazine groups is 1. The van der Waals surface area contributed by atoms with Gasteiger partial charge in [-0.1, -0.05) is 15.3 Å². The zero-order valence-electron chi connectivity index (χ0n) is 16.4. The number of benzene rings is 1. The number of aromatic nitrogens is 1. The zero-order valence-corrected chi connectivity index (χ0v) is 17.5. The number of hydrogen-bond donors (Lipinski definition) is 3. The lowest BCUT2D eigenvalue weighted by Gasteiger charge is -2.27. The molecule has 1 aromatic carbocycles. The molecule has 2 aromatic rings. The highest BCUT2D eigenvalue weighted by atomic mass is 31.0. The summed E-state index contributed by atoms with van der Waals surface area (Å²) in [6.45, 7) is 0.667. The first kappa shape index (κ1) is 22.3. The SMILES string of the molecule is O=C(NCCCCCO)c1ccc(N2NC(c3cccnc3)C=C2C(F)(F)P)cc1. The van der Waals surface area contributed by atoms with Crippen molar-refractivity contribution in [3.63, 3.8) is 0 Å². The number of unbranched alkanes of at least 4 members (excludes halogenated alkanes) is 2. The molecule has 0 bridgehead atoms. The smallest absolute Gasteiger partial charge is 0.299 e. The second-order valence-corrected chi connectivity index (χ2v) is 7.72. The molecule has 9 heteroatoms. The maximum atomic E-state index is 14.2. The van der Waals surface area contributed by atoms with E-state index in [1.165, 1.54) is 11.1 Å². The number of hydrogen-bond acceptors (Lipinski definition) is 5. The monoisotopic (exact) mass is 434 g/mol. The second kappa shape index (κ2) is 10.1. The number of aliphatic hydroxyl groups is 1. The average molecular weight is 434 g/mol. The molecule has 0 spiro atoms. The van der Waals surface area contributed by atoms with Crippen molar-refractivity contribution in [3.05, 3.63) is 71.7 Å². The third-order valence-electron chi connectivity index (χ3n) is 4.73. The molecule has 160 valence electrons. The van der Waals surface area contributed by atoms with Crippen molar-refractivity contribution in [1.29, 1.82) is 0 Å². The largest absolute Gasteiger partial charge is 0.396 e. The van der Waals surface area contributed by atoms with Crippen LogP contribution in [-0.4, -0.2) is 34.8 Å². The maximum absolute atomic E-state index is 14.2. The van der Waals surface area contributed by atoms with Crippen LogP contribution in [0.5, 0.6) is 0 Å². The molecule has 1 aliphatic heterocycles. The number of carbonyl (C=O) groups excluding carboxylic acids is 1. The molecular formula is C21H25F2N4O2P. The van der Waals surface area contributed by atoms with E-state index >= 15 is 0 Å². The molecule has 2 unspecified atom stereocenters. The van der Waals surface area contributed by atoms with Crippen molar-refractivity contribution in [2.24, 2.45) is 0 Å². The highest BCUT2D eigenvalue weighted by molar-refractivity contribution is 7.18. The fourth-order valence-corrected chi connectivity index (χ4v) is 3.39. The van der Waals surface area contributed by atoms with Crippen molar-refractivity contribution >= 4 is 20.8 Å². The summed E-state index contributed by atoms with van der Waals surface area (Å²) in [5.74, 6) is -0.222. The number of halogens is 2. The Balaban J connectivity index is 1.70. The summed E-state index contributed by atoms with van der Waals surface area (Å²) < 4.78 is 28.4. The number of allylic oxidation sites excluding steroid dienone is 1. The quantitative estimate of drug-likeness (QED) is 0.417. The standard InChI is InChI=1S/C21H25F2N4O2P/c22-21(23,30)19-13-18(16-5-4-10-24-14-16)26-27(19)17-8-6-15(7-9-17)20(29)25-11-2-1-3-12-28/h4-10,13-14,18,26,28H,1-3,11-12,30H2,(H,25,29). The lowest BCUT2D eigenvalue weighted by molar-refractivity contribution is 0.0952. The molecular weight excluding hydrogens is 409 g/mol. The van der Waals surface area contributed by atoms with Crippen LogP contribution in [0.4, 0.5) is 14.5 Å². The predicted octanol–water partition coefficient (Wildman–Crippen LogP) is 3.39. The fraction of sp³-hybridized carbons (Fsp3) is 0.333. The molecule has 0 fully saturated rings. The van der Waals surface area contributed by atoms with E-state index < -0.39 is 11.7 Å². The van der Waals surface area contributed by atoms with Crippen LogP contribution in [0.1, 0.15) is 41.2 Å². The maximum Gasteiger partial charge on any atom is 0.299 e. The van der Waals surface area contributed by atoms with Crippen LogP contribution < -0.4 is 15.8 Å². The third-order valence-corrected chi connectivity index (χ3v) is 5.02. The van der Waals surface area contributed by atoms with E-state index in [-0.39, 0.29) is 18.2 Å². The molecule has 30 heavy (non-hydrogen) atoms. The van der Waals surface area contributed by atoms with Crippen molar-refractivity contribution in [1.82, 2.24) is 15.7 Å². The van der Waals surface area contributed by atoms with Crippen LogP contribution in [-0.2, 0) is 0 Å². The Hall–Kier alpha value is -2.41. The van der Waals surface area contributed by atoms with Gasteiger partial charge in [-0.2, -0.15) is 8.78 Å². The van der Waals surface area contributed by atoms with Gasteiger partial charge in [0, 0.05) is 31.1 Å². The Morgan fingerprint density at radius 2 is 2.00 bits per heavy atom. The number of amides is 1. The van der Waals surface area contributed by atoms with Gasteiger partial charge < -0.3 is 10.4 Å². The molecule has 2 heterocycles. The summed E-state index contributed by atoms with van der Waals surface area (Å²) in [4.78, 5) is 16.3. The Morgan fingerprint density at radius 1 is 1.23 bits per heavy atom. The molecule has 0 saturated carbocycles. The summed E-state index contributed by atoms with van der Waals surface area (Å²) in [5.41, 5.74) is 1.46. The first-order valence-corrected chi connectivity index (χ1v) is 10.3. The molecule has 6 nitrogen and oxygen atoms in total. The first-order chi connectivity index (χ1) is 14.4. The molecule has 0 aliphatic carbocycles. The molecule has 3 rings (SSSR count). The van der Waals surface area contributed by atoms with E-state index in [1.54, 1.807) is 52.0 Å². The Kier molecular flexibility index (Phi) is 7.48. The van der Waals surface area contributed by atoms with E-state index in [0.29, 0.717) is 24.2 Å². The van der Waals surface area contributed by atoms with E-state index in [0.717, 1.165) is 18.4 Å². The Morgan fingerprint density at radius 3 is 2.63 bits per heavy atom. The third kappa shape index (κ3) is 5.59. The second-order valence-electron chi connectivity index (χ2n) is 6.99. The summed E-state index contributed by atoms with van der Waals surface area (Å²) in [5, 5.41) is 12.9. The number of alkyl halides is 2. The molecule has 1 aromatic heterocycles. The van der Waals surface area contributed by atoms with Gasteiger partial charge in [0.2, 0.25) is 0 Å². The predicted molar refractivity (Wildman–Crippen MR) is 115 cm³/mol. The van der Waals surface area contributed by atoms with E-state index in [2.05, 4.69) is 15.7 Å². The van der Waals surface area contributed by atoms with Gasteiger partial charge in [-0.15, -0.1) is 0 Å². The average Bonchev–Trinajstić information content (AvgIpc) is 3.20. The van der Waals surface area contributed by atoms with Crippen molar-refractivity contribution in [2.45, 2.75) is 31.0 Å². The van der Waals surface area contributed by atoms with Gasteiger partial charge in [-0.05, 0) is 61.2 Å². The number of aliphatic hydroxyl groups excluding tert-OH is 1. The summed E-state index contributed by atoms with van der Waals surface area (Å²) >= 11 is 0. The number of rotatable bonds is 9. The number of carbonyl (C=O) groups is 1. The fourth-order valence-electron chi connectivity index (χ4n) is 3.16. The first-order valence-electron chi connectivity index (χ1n) is 9.74. The topological polar surface area (TPSA) is 77.5 Å². The number of anilines is 1. The van der Waals surface area contributed by atoms with Gasteiger partial charge in [-0.3, -0.25) is 14.8 Å². The zero-order chi connectivity index (χ0) is 21.6. The van der Waals surface area contributed by atoms with Crippen LogP contribution in [0, 0.1) is 0 Å². The van der Waals surface area contributed by atoms with E-state index in [4.69, 9.17) is 5.11 Å². The highest BCUT2D eigenvalue weighted by Crippen LogP contribution is 2.40. The van der Waals surface area contributed by atoms with Crippen LogP contribution in [0.15, 0.2) is 60.6 Å². The van der Waals surface area contributed by atoms with Crippen molar-refractivity contribution in [3.8, 4) is 0 Å². The minimum Gasteiger partial charge on any atom is -0.396 e. The summed E-state index contributed by atoms with van der Waals surface area (Å²) in [6, 6.07) is 9.60. The van der Waals surface area contributed by atoms with Gasteiger partial charge in [0.15, 0.2) is 0 Å². The van der Waals surface area contributed by atoms with E-state index in [1.807, 2.05) is 6.07 Å². The van der Waals surface area contributed by atoms with Crippen LogP contribution in [0.3, 0.4) is 0 Å². The molecule has 0 saturated heterocycles. The van der Waals surface area contributed by atoms with E-state index in [9.17, 15) is 13.6 Å². The molecule has 2 atom stereocenters. The normalized spacial score (nSPS) is 16.5. The summed E-state index contributed by atoms with van der Waals surface area (Å²) in [6.07, 6.45) is 7.06. The number of nitrogens with zero attached hydrogens (tertiary/aromatic N) is 2. The minimum atomic E-state index is -3.13. The van der Waals surface area contributed by atoms with Crippen molar-refractivity contribution < 1.29 is 18.7 Å². The van der Waals surface area contributed by atoms with Crippen molar-refractivity contribution in [2.75, 3.05) is 18.2 Å². The Bertz CT molecular complexity index is 873. The minimum absolute atomic E-state index is 0.146. The van der Waals surface area contributed by atoms with Crippen LogP contribution in [0.25, 0.3) is 0 Å². The highest BCUT2D eigenvalue weighted by Gasteiger charge is 2.39. The summed E-state index contributed by atoms with van der Waals surface area (Å²) in [7, 11) is 1.57. The number of nitrogens with one attached hydrogen (secondary N) is 2. The van der Waals surface area contributed by atoms with Gasteiger partial charge in [0.1, 0.15) is 5.70 Å². The van der Waals surface area contributed by atoms with Gasteiger partial charge in [0.25, 0.3) is 11.6 Å².